The van der Waals surface area contributed by atoms with E-state index in [1.165, 1.54) is 30.7 Å². The molecule has 1 aromatic heterocycles. The van der Waals surface area contributed by atoms with Crippen LogP contribution in [-0.2, 0) is 6.54 Å². The summed E-state index contributed by atoms with van der Waals surface area (Å²) in [4.78, 5) is 7.79. The lowest BCUT2D eigenvalue weighted by Crippen LogP contribution is -2.12. The van der Waals surface area contributed by atoms with Crippen molar-refractivity contribution in [3.05, 3.63) is 47.9 Å². The van der Waals surface area contributed by atoms with Crippen molar-refractivity contribution in [1.29, 1.82) is 0 Å². The van der Waals surface area contributed by atoms with Crippen LogP contribution in [-0.4, -0.2) is 16.5 Å². The fourth-order valence-corrected chi connectivity index (χ4v) is 2.27. The Morgan fingerprint density at radius 3 is 2.53 bits per heavy atom. The minimum Gasteiger partial charge on any atom is -0.313 e. The monoisotopic (exact) mass is 281 g/mol. The van der Waals surface area contributed by atoms with E-state index in [4.69, 9.17) is 0 Å². The van der Waals surface area contributed by atoms with Crippen LogP contribution in [0.1, 0.15) is 12.5 Å². The summed E-state index contributed by atoms with van der Waals surface area (Å²) in [7, 11) is 0. The van der Waals surface area contributed by atoms with Gasteiger partial charge in [0.1, 0.15) is 16.7 Å². The molecule has 0 bridgehead atoms. The zero-order valence-electron chi connectivity index (χ0n) is 10.4. The van der Waals surface area contributed by atoms with Gasteiger partial charge in [0.25, 0.3) is 0 Å². The lowest BCUT2D eigenvalue weighted by atomic mass is 10.2. The lowest BCUT2D eigenvalue weighted by Gasteiger charge is -2.07. The third-order valence-corrected chi connectivity index (χ3v) is 3.40. The molecule has 2 rings (SSSR count). The zero-order chi connectivity index (χ0) is 13.7. The first-order valence-corrected chi connectivity index (χ1v) is 6.65. The van der Waals surface area contributed by atoms with Crippen LogP contribution in [0.15, 0.2) is 40.6 Å². The molecular formula is C13H13F2N3S. The minimum absolute atomic E-state index is 0.0549. The lowest BCUT2D eigenvalue weighted by molar-refractivity contribution is 0.534. The fourth-order valence-electron chi connectivity index (χ4n) is 1.52. The summed E-state index contributed by atoms with van der Waals surface area (Å²) in [5, 5.41) is 3.48. The van der Waals surface area contributed by atoms with Crippen LogP contribution >= 0.6 is 11.8 Å². The van der Waals surface area contributed by atoms with E-state index in [1.54, 1.807) is 0 Å². The van der Waals surface area contributed by atoms with Crippen LogP contribution in [0, 0.1) is 11.6 Å². The Morgan fingerprint density at radius 1 is 1.21 bits per heavy atom. The number of aromatic nitrogens is 2. The molecular weight excluding hydrogens is 268 g/mol. The van der Waals surface area contributed by atoms with E-state index in [9.17, 15) is 8.78 Å². The van der Waals surface area contributed by atoms with Crippen LogP contribution in [0.4, 0.5) is 8.78 Å². The van der Waals surface area contributed by atoms with Crippen LogP contribution in [0.25, 0.3) is 0 Å². The minimum atomic E-state index is -0.580. The molecule has 1 heterocycles. The molecule has 19 heavy (non-hydrogen) atoms. The maximum Gasteiger partial charge on any atom is 0.140 e. The first-order chi connectivity index (χ1) is 9.20. The van der Waals surface area contributed by atoms with Crippen LogP contribution in [0.3, 0.4) is 0 Å². The van der Waals surface area contributed by atoms with E-state index in [1.807, 2.05) is 6.92 Å². The predicted octanol–water partition coefficient (Wildman–Crippen LogP) is 3.02. The summed E-state index contributed by atoms with van der Waals surface area (Å²) in [6.07, 6.45) is 4.46. The predicted molar refractivity (Wildman–Crippen MR) is 69.9 cm³/mol. The highest BCUT2D eigenvalue weighted by Gasteiger charge is 2.13. The fraction of sp³-hybridized carbons (Fsp3) is 0.231. The average Bonchev–Trinajstić information content (AvgIpc) is 2.42. The molecule has 3 nitrogen and oxygen atoms in total. The van der Waals surface area contributed by atoms with Gasteiger partial charge < -0.3 is 5.32 Å². The molecule has 0 fully saturated rings. The van der Waals surface area contributed by atoms with Crippen molar-refractivity contribution >= 4 is 11.8 Å². The second kappa shape index (κ2) is 6.58. The van der Waals surface area contributed by atoms with Crippen molar-refractivity contribution in [2.24, 2.45) is 0 Å². The van der Waals surface area contributed by atoms with Crippen LogP contribution in [0.5, 0.6) is 0 Å². The van der Waals surface area contributed by atoms with Crippen molar-refractivity contribution in [3.63, 3.8) is 0 Å². The van der Waals surface area contributed by atoms with Crippen LogP contribution < -0.4 is 5.32 Å². The molecule has 1 aromatic carbocycles. The van der Waals surface area contributed by atoms with Gasteiger partial charge in [0.15, 0.2) is 0 Å². The molecule has 0 radical (unpaired) electrons. The van der Waals surface area contributed by atoms with Gasteiger partial charge in [-0.05, 0) is 24.2 Å². The molecule has 6 heteroatoms. The van der Waals surface area contributed by atoms with Gasteiger partial charge in [0.05, 0.1) is 11.1 Å². The Morgan fingerprint density at radius 2 is 1.95 bits per heavy atom. The van der Waals surface area contributed by atoms with E-state index >= 15 is 0 Å². The number of hydrogen-bond acceptors (Lipinski definition) is 4. The normalized spacial score (nSPS) is 10.7. The average molecular weight is 281 g/mol. The molecule has 0 unspecified atom stereocenters. The standard InChI is InChI=1S/C13H13F2N3S/c1-2-16-7-9-5-10(14)13(11(15)6-9)19-12-8-17-3-4-18-12/h3-6,8,16H,2,7H2,1H3. The summed E-state index contributed by atoms with van der Waals surface area (Å²) >= 11 is 0.929. The third kappa shape index (κ3) is 3.71. The maximum atomic E-state index is 13.9. The topological polar surface area (TPSA) is 37.8 Å². The smallest absolute Gasteiger partial charge is 0.140 e. The van der Waals surface area contributed by atoms with Gasteiger partial charge in [-0.3, -0.25) is 4.98 Å². The third-order valence-electron chi connectivity index (χ3n) is 2.38. The number of nitrogens with one attached hydrogen (secondary N) is 1. The summed E-state index contributed by atoms with van der Waals surface area (Å²) < 4.78 is 27.8. The Hall–Kier alpha value is -1.53. The Bertz CT molecular complexity index is 526. The Labute approximate surface area is 114 Å². The van der Waals surface area contributed by atoms with Crippen molar-refractivity contribution in [2.45, 2.75) is 23.4 Å². The molecule has 0 aliphatic rings. The van der Waals surface area contributed by atoms with Crippen molar-refractivity contribution in [1.82, 2.24) is 15.3 Å². The number of halogens is 2. The molecule has 0 spiro atoms. The van der Waals surface area contributed by atoms with Gasteiger partial charge >= 0.3 is 0 Å². The zero-order valence-corrected chi connectivity index (χ0v) is 11.2. The summed E-state index contributed by atoms with van der Waals surface area (Å²) in [5.74, 6) is -1.16. The summed E-state index contributed by atoms with van der Waals surface area (Å²) in [6, 6.07) is 2.68. The number of rotatable bonds is 5. The number of hydrogen-bond donors (Lipinski definition) is 1. The van der Waals surface area contributed by atoms with Crippen molar-refractivity contribution in [3.8, 4) is 0 Å². The highest BCUT2D eigenvalue weighted by Crippen LogP contribution is 2.31. The van der Waals surface area contributed by atoms with Gasteiger partial charge in [0.2, 0.25) is 0 Å². The first-order valence-electron chi connectivity index (χ1n) is 5.83. The van der Waals surface area contributed by atoms with Crippen LogP contribution in [0.2, 0.25) is 0 Å². The first kappa shape index (κ1) is 13.9. The highest BCUT2D eigenvalue weighted by atomic mass is 32.2. The largest absolute Gasteiger partial charge is 0.313 e. The SMILES string of the molecule is CCNCc1cc(F)c(Sc2cnccn2)c(F)c1. The molecule has 1 N–H and O–H groups in total. The highest BCUT2D eigenvalue weighted by molar-refractivity contribution is 7.99. The van der Waals surface area contributed by atoms with Gasteiger partial charge in [-0.25, -0.2) is 13.8 Å². The molecule has 0 saturated carbocycles. The summed E-state index contributed by atoms with van der Waals surface area (Å²) in [5.41, 5.74) is 0.584. The second-order valence-electron chi connectivity index (χ2n) is 3.81. The quantitative estimate of drug-likeness (QED) is 0.914. The van der Waals surface area contributed by atoms with Gasteiger partial charge in [-0.1, -0.05) is 18.7 Å². The van der Waals surface area contributed by atoms with Gasteiger partial charge in [0, 0.05) is 18.9 Å². The second-order valence-corrected chi connectivity index (χ2v) is 4.85. The van der Waals surface area contributed by atoms with Crippen molar-refractivity contribution < 1.29 is 8.78 Å². The maximum absolute atomic E-state index is 13.9. The van der Waals surface area contributed by atoms with E-state index in [-0.39, 0.29) is 4.90 Å². The van der Waals surface area contributed by atoms with Crippen molar-refractivity contribution in [2.75, 3.05) is 6.54 Å². The van der Waals surface area contributed by atoms with E-state index in [2.05, 4.69) is 15.3 Å². The Kier molecular flexibility index (Phi) is 4.81. The van der Waals surface area contributed by atoms with E-state index in [0.29, 0.717) is 17.1 Å². The molecule has 0 amide bonds. The van der Waals surface area contributed by atoms with E-state index < -0.39 is 11.6 Å². The molecule has 2 aromatic rings. The Balaban J connectivity index is 2.22. The number of nitrogens with zero attached hydrogens (tertiary/aromatic N) is 2. The number of benzene rings is 1. The molecule has 100 valence electrons. The molecule has 0 atom stereocenters. The van der Waals surface area contributed by atoms with Gasteiger partial charge in [-0.15, -0.1) is 0 Å². The molecule has 0 aliphatic carbocycles. The summed E-state index contributed by atoms with van der Waals surface area (Å²) in [6.45, 7) is 3.13. The van der Waals surface area contributed by atoms with E-state index in [0.717, 1.165) is 18.3 Å². The molecule has 0 aliphatic heterocycles. The molecule has 0 saturated heterocycles. The van der Waals surface area contributed by atoms with Gasteiger partial charge in [-0.2, -0.15) is 0 Å².